The van der Waals surface area contributed by atoms with Gasteiger partial charge in [-0.15, -0.1) is 0 Å². The van der Waals surface area contributed by atoms with E-state index in [2.05, 4.69) is 4.74 Å². The Morgan fingerprint density at radius 2 is 1.41 bits per heavy atom. The van der Waals surface area contributed by atoms with E-state index in [1.54, 1.807) is 14.2 Å². The number of hydrogen-bond acceptors (Lipinski definition) is 4. The monoisotopic (exact) mass is 246 g/mol. The van der Waals surface area contributed by atoms with Gasteiger partial charge in [0.1, 0.15) is 0 Å². The Bertz CT molecular complexity index is 178. The van der Waals surface area contributed by atoms with Gasteiger partial charge in [-0.25, -0.2) is 0 Å². The fourth-order valence-corrected chi connectivity index (χ4v) is 1.72. The number of ether oxygens (including phenoxy) is 3. The molecule has 0 saturated heterocycles. The largest absolute Gasteiger partial charge is 0.469 e. The number of carbonyl (C=O) groups is 1. The zero-order chi connectivity index (χ0) is 12.9. The minimum absolute atomic E-state index is 0.0608. The number of esters is 1. The van der Waals surface area contributed by atoms with Gasteiger partial charge < -0.3 is 14.2 Å². The molecule has 0 aromatic rings. The van der Waals surface area contributed by atoms with Crippen LogP contribution in [0.25, 0.3) is 0 Å². The van der Waals surface area contributed by atoms with Crippen LogP contribution in [0.1, 0.15) is 51.4 Å². The molecular weight excluding hydrogens is 220 g/mol. The first-order valence-electron chi connectivity index (χ1n) is 6.37. The van der Waals surface area contributed by atoms with Crippen molar-refractivity contribution >= 4 is 5.97 Å². The molecule has 0 aliphatic heterocycles. The summed E-state index contributed by atoms with van der Waals surface area (Å²) in [5, 5.41) is 0. The molecule has 0 bridgehead atoms. The lowest BCUT2D eigenvalue weighted by Crippen LogP contribution is -2.12. The highest BCUT2D eigenvalue weighted by molar-refractivity contribution is 5.68. The molecular formula is C13H26O4. The van der Waals surface area contributed by atoms with Crippen LogP contribution in [0.3, 0.4) is 0 Å². The topological polar surface area (TPSA) is 44.8 Å². The van der Waals surface area contributed by atoms with Crippen molar-refractivity contribution in [2.45, 2.75) is 57.7 Å². The van der Waals surface area contributed by atoms with Gasteiger partial charge >= 0.3 is 5.97 Å². The van der Waals surface area contributed by atoms with Gasteiger partial charge in [0.15, 0.2) is 6.29 Å². The molecule has 0 radical (unpaired) electrons. The fourth-order valence-electron chi connectivity index (χ4n) is 1.72. The molecule has 0 spiro atoms. The second kappa shape index (κ2) is 11.9. The zero-order valence-corrected chi connectivity index (χ0v) is 11.4. The third-order valence-electron chi connectivity index (χ3n) is 2.82. The van der Waals surface area contributed by atoms with Gasteiger partial charge in [0.05, 0.1) is 7.11 Å². The van der Waals surface area contributed by atoms with Crippen LogP contribution in [-0.4, -0.2) is 33.6 Å². The van der Waals surface area contributed by atoms with Gasteiger partial charge in [-0.3, -0.25) is 4.79 Å². The Morgan fingerprint density at radius 1 is 0.882 bits per heavy atom. The van der Waals surface area contributed by atoms with Crippen LogP contribution in [0.5, 0.6) is 0 Å². The molecule has 4 heteroatoms. The molecule has 4 nitrogen and oxygen atoms in total. The third kappa shape index (κ3) is 10.3. The molecule has 0 aliphatic carbocycles. The predicted octanol–water partition coefficient (Wildman–Crippen LogP) is 2.90. The summed E-state index contributed by atoms with van der Waals surface area (Å²) in [7, 11) is 4.77. The standard InChI is InChI=1S/C13H26O4/c1-15-12(14)10-8-6-4-5-7-9-11-13(16-2)17-3/h13H,4-11H2,1-3H3. The lowest BCUT2D eigenvalue weighted by atomic mass is 10.1. The lowest BCUT2D eigenvalue weighted by molar-refractivity contribution is -0.140. The van der Waals surface area contributed by atoms with E-state index in [0.29, 0.717) is 6.42 Å². The highest BCUT2D eigenvalue weighted by Gasteiger charge is 2.03. The van der Waals surface area contributed by atoms with Crippen molar-refractivity contribution in [3.63, 3.8) is 0 Å². The SMILES string of the molecule is COC(=O)CCCCCCCCC(OC)OC. The summed E-state index contributed by atoms with van der Waals surface area (Å²) in [5.41, 5.74) is 0. The van der Waals surface area contributed by atoms with Gasteiger partial charge in [-0.1, -0.05) is 25.7 Å². The Balaban J connectivity index is 3.16. The van der Waals surface area contributed by atoms with Crippen molar-refractivity contribution in [1.82, 2.24) is 0 Å². The van der Waals surface area contributed by atoms with Crippen LogP contribution >= 0.6 is 0 Å². The molecule has 0 amide bonds. The Kier molecular flexibility index (Phi) is 11.4. The average molecular weight is 246 g/mol. The van der Waals surface area contributed by atoms with Gasteiger partial charge in [-0.2, -0.15) is 0 Å². The van der Waals surface area contributed by atoms with Crippen molar-refractivity contribution in [2.75, 3.05) is 21.3 Å². The second-order valence-corrected chi connectivity index (χ2v) is 4.14. The maximum absolute atomic E-state index is 10.8. The molecule has 0 atom stereocenters. The Labute approximate surface area is 105 Å². The van der Waals surface area contributed by atoms with Crippen molar-refractivity contribution < 1.29 is 19.0 Å². The smallest absolute Gasteiger partial charge is 0.305 e. The first-order chi connectivity index (χ1) is 8.24. The van der Waals surface area contributed by atoms with Crippen LogP contribution in [0, 0.1) is 0 Å². The van der Waals surface area contributed by atoms with E-state index in [0.717, 1.165) is 25.7 Å². The molecule has 0 aromatic heterocycles. The molecule has 0 heterocycles. The minimum Gasteiger partial charge on any atom is -0.469 e. The number of rotatable bonds is 11. The summed E-state index contributed by atoms with van der Waals surface area (Å²) >= 11 is 0. The van der Waals surface area contributed by atoms with Crippen LogP contribution in [0.15, 0.2) is 0 Å². The highest BCUT2D eigenvalue weighted by Crippen LogP contribution is 2.11. The van der Waals surface area contributed by atoms with E-state index in [1.807, 2.05) is 0 Å². The van der Waals surface area contributed by atoms with Crippen LogP contribution < -0.4 is 0 Å². The predicted molar refractivity (Wildman–Crippen MR) is 66.8 cm³/mol. The van der Waals surface area contributed by atoms with Gasteiger partial charge in [0.2, 0.25) is 0 Å². The average Bonchev–Trinajstić information content (AvgIpc) is 2.36. The summed E-state index contributed by atoms with van der Waals surface area (Å²) in [4.78, 5) is 10.8. The normalized spacial score (nSPS) is 10.8. The summed E-state index contributed by atoms with van der Waals surface area (Å²) in [6.45, 7) is 0. The molecule has 17 heavy (non-hydrogen) atoms. The molecule has 0 rings (SSSR count). The first-order valence-corrected chi connectivity index (χ1v) is 6.37. The zero-order valence-electron chi connectivity index (χ0n) is 11.4. The summed E-state index contributed by atoms with van der Waals surface area (Å²) in [5.74, 6) is -0.104. The van der Waals surface area contributed by atoms with Crippen LogP contribution in [0.4, 0.5) is 0 Å². The number of carbonyl (C=O) groups excluding carboxylic acids is 1. The quantitative estimate of drug-likeness (QED) is 0.319. The van der Waals surface area contributed by atoms with Crippen molar-refractivity contribution in [3.8, 4) is 0 Å². The molecule has 0 aliphatic rings. The first kappa shape index (κ1) is 16.4. The lowest BCUT2D eigenvalue weighted by Gasteiger charge is -2.12. The summed E-state index contributed by atoms with van der Waals surface area (Å²) < 4.78 is 14.8. The Hall–Kier alpha value is -0.610. The minimum atomic E-state index is -0.104. The summed E-state index contributed by atoms with van der Waals surface area (Å²) in [6, 6.07) is 0. The molecule has 0 fully saturated rings. The van der Waals surface area contributed by atoms with E-state index in [1.165, 1.54) is 26.4 Å². The number of unbranched alkanes of at least 4 members (excludes halogenated alkanes) is 5. The van der Waals surface area contributed by atoms with Crippen LogP contribution in [0.2, 0.25) is 0 Å². The van der Waals surface area contributed by atoms with Gasteiger partial charge in [0.25, 0.3) is 0 Å². The van der Waals surface area contributed by atoms with E-state index < -0.39 is 0 Å². The maximum atomic E-state index is 10.8. The van der Waals surface area contributed by atoms with Gasteiger partial charge in [0, 0.05) is 20.6 Å². The number of hydrogen-bond donors (Lipinski definition) is 0. The maximum Gasteiger partial charge on any atom is 0.305 e. The van der Waals surface area contributed by atoms with E-state index in [9.17, 15) is 4.79 Å². The van der Waals surface area contributed by atoms with Crippen molar-refractivity contribution in [1.29, 1.82) is 0 Å². The molecule has 0 aromatic carbocycles. The number of methoxy groups -OCH3 is 3. The molecule has 0 unspecified atom stereocenters. The van der Waals surface area contributed by atoms with E-state index in [-0.39, 0.29) is 12.3 Å². The van der Waals surface area contributed by atoms with E-state index >= 15 is 0 Å². The third-order valence-corrected chi connectivity index (χ3v) is 2.82. The Morgan fingerprint density at radius 3 is 1.94 bits per heavy atom. The molecule has 102 valence electrons. The van der Waals surface area contributed by atoms with Crippen molar-refractivity contribution in [3.05, 3.63) is 0 Å². The highest BCUT2D eigenvalue weighted by atomic mass is 16.7. The molecule has 0 saturated carbocycles. The van der Waals surface area contributed by atoms with Gasteiger partial charge in [-0.05, 0) is 19.3 Å². The molecule has 0 N–H and O–H groups in total. The van der Waals surface area contributed by atoms with Crippen LogP contribution in [-0.2, 0) is 19.0 Å². The van der Waals surface area contributed by atoms with E-state index in [4.69, 9.17) is 9.47 Å². The van der Waals surface area contributed by atoms with Crippen molar-refractivity contribution in [2.24, 2.45) is 0 Å². The fraction of sp³-hybridized carbons (Fsp3) is 0.923. The summed E-state index contributed by atoms with van der Waals surface area (Å²) in [6.07, 6.45) is 8.20. The second-order valence-electron chi connectivity index (χ2n) is 4.14.